The molecule has 2 heteroatoms. The van der Waals surface area contributed by atoms with Crippen LogP contribution in [0, 0.1) is 0 Å². The number of carbonyl (C=O) groups excluding carboxylic acids is 1. The molecule has 0 bridgehead atoms. The van der Waals surface area contributed by atoms with Gasteiger partial charge in [-0.2, -0.15) is 0 Å². The minimum Gasteiger partial charge on any atom is -0.456 e. The third-order valence-corrected chi connectivity index (χ3v) is 2.00. The highest BCUT2D eigenvalue weighted by atomic mass is 16.6. The second kappa shape index (κ2) is 4.47. The second-order valence-electron chi connectivity index (χ2n) is 4.55. The monoisotopic (exact) mass is 206 g/mol. The predicted octanol–water partition coefficient (Wildman–Crippen LogP) is 3.20. The van der Waals surface area contributed by atoms with Crippen LogP contribution in [0.15, 0.2) is 24.3 Å². The van der Waals surface area contributed by atoms with Crippen molar-refractivity contribution in [1.29, 1.82) is 0 Å². The van der Waals surface area contributed by atoms with Gasteiger partial charge in [-0.3, -0.25) is 0 Å². The minimum absolute atomic E-state index is 0.259. The summed E-state index contributed by atoms with van der Waals surface area (Å²) in [7, 11) is 0. The first-order valence-electron chi connectivity index (χ1n) is 5.24. The third-order valence-electron chi connectivity index (χ3n) is 2.00. The number of esters is 1. The van der Waals surface area contributed by atoms with Gasteiger partial charge in [-0.05, 0) is 44.9 Å². The predicted molar refractivity (Wildman–Crippen MR) is 61.0 cm³/mol. The van der Waals surface area contributed by atoms with E-state index < -0.39 is 5.60 Å². The van der Waals surface area contributed by atoms with E-state index >= 15 is 0 Å². The lowest BCUT2D eigenvalue weighted by Crippen LogP contribution is -2.23. The Kier molecular flexibility index (Phi) is 3.51. The van der Waals surface area contributed by atoms with Crippen LogP contribution >= 0.6 is 0 Å². The average molecular weight is 206 g/mol. The number of rotatable bonds is 2. The van der Waals surface area contributed by atoms with Crippen molar-refractivity contribution >= 4 is 5.97 Å². The Morgan fingerprint density at radius 1 is 1.20 bits per heavy atom. The summed E-state index contributed by atoms with van der Waals surface area (Å²) < 4.78 is 5.26. The van der Waals surface area contributed by atoms with Gasteiger partial charge in [-0.1, -0.05) is 19.1 Å². The summed E-state index contributed by atoms with van der Waals surface area (Å²) in [5, 5.41) is 0. The van der Waals surface area contributed by atoms with Gasteiger partial charge in [0.05, 0.1) is 5.56 Å². The molecule has 1 aromatic rings. The Morgan fingerprint density at radius 2 is 1.73 bits per heavy atom. The van der Waals surface area contributed by atoms with Gasteiger partial charge in [-0.25, -0.2) is 4.79 Å². The van der Waals surface area contributed by atoms with Gasteiger partial charge >= 0.3 is 5.97 Å². The Bertz CT molecular complexity index is 331. The molecule has 0 amide bonds. The van der Waals surface area contributed by atoms with Gasteiger partial charge in [0.2, 0.25) is 0 Å². The molecular formula is C13H18O2. The number of hydrogen-bond acceptors (Lipinski definition) is 2. The molecule has 0 aliphatic heterocycles. The maximum absolute atomic E-state index is 11.6. The van der Waals surface area contributed by atoms with E-state index in [1.807, 2.05) is 45.0 Å². The van der Waals surface area contributed by atoms with Crippen LogP contribution in [0.1, 0.15) is 43.6 Å². The van der Waals surface area contributed by atoms with Gasteiger partial charge < -0.3 is 4.74 Å². The minimum atomic E-state index is -0.430. The summed E-state index contributed by atoms with van der Waals surface area (Å²) in [6.07, 6.45) is 0.981. The Labute approximate surface area is 91.3 Å². The van der Waals surface area contributed by atoms with Crippen molar-refractivity contribution in [2.24, 2.45) is 0 Å². The molecule has 0 fully saturated rings. The summed E-state index contributed by atoms with van der Waals surface area (Å²) in [6, 6.07) is 7.54. The first kappa shape index (κ1) is 11.8. The van der Waals surface area contributed by atoms with Crippen LogP contribution in [-0.2, 0) is 11.2 Å². The first-order chi connectivity index (χ1) is 6.92. The number of ether oxygens (including phenoxy) is 1. The molecule has 0 aliphatic carbocycles. The molecular weight excluding hydrogens is 188 g/mol. The first-order valence-corrected chi connectivity index (χ1v) is 5.24. The van der Waals surface area contributed by atoms with Crippen LogP contribution in [0.25, 0.3) is 0 Å². The van der Waals surface area contributed by atoms with Crippen molar-refractivity contribution < 1.29 is 9.53 Å². The van der Waals surface area contributed by atoms with E-state index in [0.717, 1.165) is 6.42 Å². The normalized spacial score (nSPS) is 11.2. The van der Waals surface area contributed by atoms with E-state index in [1.165, 1.54) is 5.56 Å². The number of hydrogen-bond donors (Lipinski definition) is 0. The van der Waals surface area contributed by atoms with Crippen LogP contribution in [0.2, 0.25) is 0 Å². The fourth-order valence-corrected chi connectivity index (χ4v) is 1.21. The molecule has 2 nitrogen and oxygen atoms in total. The summed E-state index contributed by atoms with van der Waals surface area (Å²) in [4.78, 5) is 11.6. The zero-order valence-electron chi connectivity index (χ0n) is 9.83. The van der Waals surface area contributed by atoms with Gasteiger partial charge in [0.1, 0.15) is 5.60 Å². The molecule has 0 heterocycles. The largest absolute Gasteiger partial charge is 0.456 e. The number of carbonyl (C=O) groups is 1. The molecule has 0 saturated heterocycles. The standard InChI is InChI=1S/C13H18O2/c1-5-10-6-8-11(9-7-10)12(14)15-13(2,3)4/h6-9H,5H2,1-4H3. The summed E-state index contributed by atoms with van der Waals surface area (Å²) in [5.74, 6) is -0.259. The highest BCUT2D eigenvalue weighted by molar-refractivity contribution is 5.89. The second-order valence-corrected chi connectivity index (χ2v) is 4.55. The molecule has 0 aromatic heterocycles. The van der Waals surface area contributed by atoms with Gasteiger partial charge in [0.15, 0.2) is 0 Å². The zero-order chi connectivity index (χ0) is 11.5. The molecule has 1 rings (SSSR count). The lowest BCUT2D eigenvalue weighted by molar-refractivity contribution is 0.00695. The fourth-order valence-electron chi connectivity index (χ4n) is 1.21. The van der Waals surface area contributed by atoms with E-state index in [4.69, 9.17) is 4.74 Å². The highest BCUT2D eigenvalue weighted by Crippen LogP contribution is 2.12. The summed E-state index contributed by atoms with van der Waals surface area (Å²) in [6.45, 7) is 7.68. The smallest absolute Gasteiger partial charge is 0.338 e. The van der Waals surface area contributed by atoms with Gasteiger partial charge in [0.25, 0.3) is 0 Å². The molecule has 1 aromatic carbocycles. The topological polar surface area (TPSA) is 26.3 Å². The number of benzene rings is 1. The lowest BCUT2D eigenvalue weighted by atomic mass is 10.1. The van der Waals surface area contributed by atoms with Gasteiger partial charge in [0, 0.05) is 0 Å². The summed E-state index contributed by atoms with van der Waals surface area (Å²) in [5.41, 5.74) is 1.41. The van der Waals surface area contributed by atoms with E-state index in [1.54, 1.807) is 0 Å². The Hall–Kier alpha value is -1.31. The van der Waals surface area contributed by atoms with Crippen LogP contribution in [0.4, 0.5) is 0 Å². The van der Waals surface area contributed by atoms with Crippen molar-refractivity contribution in [1.82, 2.24) is 0 Å². The fraction of sp³-hybridized carbons (Fsp3) is 0.462. The van der Waals surface area contributed by atoms with Crippen molar-refractivity contribution in [3.8, 4) is 0 Å². The van der Waals surface area contributed by atoms with Crippen molar-refractivity contribution in [2.75, 3.05) is 0 Å². The van der Waals surface area contributed by atoms with E-state index in [2.05, 4.69) is 6.92 Å². The quantitative estimate of drug-likeness (QED) is 0.694. The van der Waals surface area contributed by atoms with E-state index in [0.29, 0.717) is 5.56 Å². The van der Waals surface area contributed by atoms with E-state index in [-0.39, 0.29) is 5.97 Å². The highest BCUT2D eigenvalue weighted by Gasteiger charge is 2.17. The zero-order valence-corrected chi connectivity index (χ0v) is 9.83. The molecule has 15 heavy (non-hydrogen) atoms. The number of aryl methyl sites for hydroxylation is 1. The molecule has 0 radical (unpaired) electrons. The molecule has 0 aliphatic rings. The van der Waals surface area contributed by atoms with Crippen LogP contribution in [0.5, 0.6) is 0 Å². The third kappa shape index (κ3) is 3.74. The Morgan fingerprint density at radius 3 is 2.13 bits per heavy atom. The molecule has 82 valence electrons. The maximum atomic E-state index is 11.6. The van der Waals surface area contributed by atoms with E-state index in [9.17, 15) is 4.79 Å². The summed E-state index contributed by atoms with van der Waals surface area (Å²) >= 11 is 0. The van der Waals surface area contributed by atoms with Crippen molar-refractivity contribution in [3.05, 3.63) is 35.4 Å². The SMILES string of the molecule is CCc1ccc(C(=O)OC(C)(C)C)cc1. The van der Waals surface area contributed by atoms with Crippen molar-refractivity contribution in [2.45, 2.75) is 39.7 Å². The molecule has 0 spiro atoms. The molecule has 0 N–H and O–H groups in total. The molecule has 0 saturated carbocycles. The van der Waals surface area contributed by atoms with Crippen LogP contribution < -0.4 is 0 Å². The van der Waals surface area contributed by atoms with Gasteiger partial charge in [-0.15, -0.1) is 0 Å². The van der Waals surface area contributed by atoms with Crippen LogP contribution in [-0.4, -0.2) is 11.6 Å². The molecule has 0 unspecified atom stereocenters. The maximum Gasteiger partial charge on any atom is 0.338 e. The Balaban J connectivity index is 2.75. The average Bonchev–Trinajstić information content (AvgIpc) is 2.15. The lowest BCUT2D eigenvalue weighted by Gasteiger charge is -2.19. The van der Waals surface area contributed by atoms with Crippen molar-refractivity contribution in [3.63, 3.8) is 0 Å². The van der Waals surface area contributed by atoms with Crippen LogP contribution in [0.3, 0.4) is 0 Å². The molecule has 0 atom stereocenters.